The molecule has 0 bridgehead atoms. The molecule has 89 heavy (non-hydrogen) atoms. The molecule has 0 N–H and O–H groups in total. The summed E-state index contributed by atoms with van der Waals surface area (Å²) in [5.74, 6) is 0. The molecule has 0 spiro atoms. The maximum Gasteiger partial charge on any atom is 0.328 e. The smallest absolute Gasteiger partial charge is 0.328 e. The van der Waals surface area contributed by atoms with E-state index in [4.69, 9.17) is 0 Å². The predicted octanol–water partition coefficient (Wildman–Crippen LogP) is 22.4. The highest BCUT2D eigenvalue weighted by atomic mass is 32.1. The van der Waals surface area contributed by atoms with Gasteiger partial charge in [-0.3, -0.25) is 0 Å². The molecule has 1 aromatic heterocycles. The van der Waals surface area contributed by atoms with E-state index in [-0.39, 0.29) is 39.5 Å². The Hall–Kier alpha value is -8.12. The molecule has 4 heterocycles. The Bertz CT molecular complexity index is 4610. The van der Waals surface area contributed by atoms with Gasteiger partial charge in [0.15, 0.2) is 0 Å². The fourth-order valence-electron chi connectivity index (χ4n) is 16.9. The molecule has 0 amide bonds. The molecule has 442 valence electrons. The van der Waals surface area contributed by atoms with E-state index in [1.165, 1.54) is 152 Å². The maximum atomic E-state index is 3.04. The van der Waals surface area contributed by atoms with Crippen LogP contribution >= 0.6 is 11.3 Å². The average Bonchev–Trinajstić information content (AvgIpc) is 1.55. The Labute approximate surface area is 533 Å². The lowest BCUT2D eigenvalue weighted by Gasteiger charge is -2.55. The number of nitrogens with zero attached hydrogens (tertiary/aromatic N) is 3. The number of anilines is 7. The van der Waals surface area contributed by atoms with Crippen molar-refractivity contribution in [1.82, 2.24) is 0 Å². The summed E-state index contributed by atoms with van der Waals surface area (Å²) in [6.07, 6.45) is 7.12. The number of rotatable bonds is 7. The van der Waals surface area contributed by atoms with Crippen molar-refractivity contribution in [3.63, 3.8) is 0 Å². The molecule has 3 nitrogen and oxygen atoms in total. The van der Waals surface area contributed by atoms with Crippen LogP contribution < -0.4 is 25.5 Å². The van der Waals surface area contributed by atoms with Crippen molar-refractivity contribution in [2.24, 2.45) is 0 Å². The quantitative estimate of drug-likeness (QED) is 0.147. The van der Waals surface area contributed by atoms with E-state index in [2.05, 4.69) is 304 Å². The van der Waals surface area contributed by atoms with Gasteiger partial charge in [-0.2, -0.15) is 0 Å². The fraction of sp³-hybridized carbons (Fsp3) is 0.286. The third-order valence-corrected chi connectivity index (χ3v) is 23.4. The standard InChI is InChI=1S/C84H82BN3S/c1-79(2,3)58-36-37-72(63(44-58)55-30-20-15-21-31-55)87-73-50-65-64-49-68-69(82(9,10)41-40-81(68,7)8)51-75(64)89-76(65)52-71(73)85-77-66(67-45-59(80(4,5)6)46-70-78(67)88(85)84(12)39-23-22-38-83(70,84)11)47-62(48-74(77)87)86(60-34-24-32-56(42-60)53-26-16-13-17-27-53)61-35-25-33-57(43-61)54-28-18-14-19-29-54/h13-21,24-37,42-52H,22-23,38-41H2,1-12H3. The second-order valence-electron chi connectivity index (χ2n) is 30.7. The van der Waals surface area contributed by atoms with Crippen LogP contribution in [0.3, 0.4) is 0 Å². The highest BCUT2D eigenvalue weighted by Crippen LogP contribution is 2.64. The van der Waals surface area contributed by atoms with Crippen molar-refractivity contribution >= 4 is 89.1 Å². The topological polar surface area (TPSA) is 9.72 Å². The van der Waals surface area contributed by atoms with Crippen molar-refractivity contribution in [1.29, 1.82) is 0 Å². The zero-order valence-corrected chi connectivity index (χ0v) is 55.0. The lowest BCUT2D eigenvalue weighted by atomic mass is 9.42. The molecule has 2 aliphatic carbocycles. The van der Waals surface area contributed by atoms with Crippen LogP contribution in [-0.4, -0.2) is 12.4 Å². The largest absolute Gasteiger partial charge is 0.400 e. The first-order chi connectivity index (χ1) is 42.6. The molecule has 3 aliphatic heterocycles. The Morgan fingerprint density at radius 2 is 0.966 bits per heavy atom. The summed E-state index contributed by atoms with van der Waals surface area (Å²) in [5.41, 5.74) is 28.3. The molecule has 1 fully saturated rings. The van der Waals surface area contributed by atoms with E-state index in [1.54, 1.807) is 0 Å². The van der Waals surface area contributed by atoms with Crippen LogP contribution in [0, 0.1) is 0 Å². The van der Waals surface area contributed by atoms with Crippen molar-refractivity contribution < 1.29 is 0 Å². The van der Waals surface area contributed by atoms with Crippen molar-refractivity contribution in [3.8, 4) is 44.5 Å². The van der Waals surface area contributed by atoms with Crippen molar-refractivity contribution in [3.05, 3.63) is 234 Å². The van der Waals surface area contributed by atoms with Gasteiger partial charge in [-0.15, -0.1) is 11.3 Å². The molecule has 10 aromatic carbocycles. The Morgan fingerprint density at radius 1 is 0.416 bits per heavy atom. The van der Waals surface area contributed by atoms with Gasteiger partial charge in [-0.25, -0.2) is 0 Å². The molecule has 5 aliphatic rings. The number of thiophene rings is 1. The van der Waals surface area contributed by atoms with E-state index in [9.17, 15) is 0 Å². The van der Waals surface area contributed by atoms with Gasteiger partial charge < -0.3 is 14.6 Å². The number of hydrogen-bond donors (Lipinski definition) is 0. The molecule has 16 rings (SSSR count). The SMILES string of the molecule is CC(C)(C)c1ccc(N2c3cc4c(cc3B3c5c(cc(N(c6cccc(-c7ccccc7)c6)c6cccc(-c7ccccc7)c6)cc52)-c2cc(C(C)(C)C)cc5c2N3C2(C)CCCCC52C)sc2cc3c(cc24)C(C)(C)CCC3(C)C)c(-c2ccccc2)c1. The summed E-state index contributed by atoms with van der Waals surface area (Å²) in [5, 5.41) is 2.73. The Morgan fingerprint density at radius 3 is 1.58 bits per heavy atom. The van der Waals surface area contributed by atoms with E-state index in [1.807, 2.05) is 11.3 Å². The minimum Gasteiger partial charge on any atom is -0.400 e. The Kier molecular flexibility index (Phi) is 12.4. The molecule has 0 saturated heterocycles. The van der Waals surface area contributed by atoms with E-state index >= 15 is 0 Å². The minimum atomic E-state index is -0.159. The van der Waals surface area contributed by atoms with Gasteiger partial charge in [0.25, 0.3) is 0 Å². The fourth-order valence-corrected chi connectivity index (χ4v) is 18.0. The normalized spacial score (nSPS) is 19.4. The molecule has 11 aromatic rings. The second-order valence-corrected chi connectivity index (χ2v) is 31.8. The first kappa shape index (κ1) is 56.1. The summed E-state index contributed by atoms with van der Waals surface area (Å²) in [6, 6.07) is 80.2. The molecule has 0 radical (unpaired) electrons. The monoisotopic (exact) mass is 1180 g/mol. The van der Waals surface area contributed by atoms with Crippen LogP contribution in [-0.2, 0) is 27.1 Å². The van der Waals surface area contributed by atoms with Gasteiger partial charge in [0.05, 0.1) is 5.69 Å². The van der Waals surface area contributed by atoms with Crippen LogP contribution in [0.4, 0.5) is 39.8 Å². The molecule has 5 heteroatoms. The van der Waals surface area contributed by atoms with Gasteiger partial charge in [0, 0.05) is 76.4 Å². The number of fused-ring (bicyclic) bond motifs is 11. The summed E-state index contributed by atoms with van der Waals surface area (Å²) in [6.45, 7) is 29.5. The lowest BCUT2D eigenvalue weighted by Crippen LogP contribution is -2.70. The molecular weight excluding hydrogens is 1090 g/mol. The van der Waals surface area contributed by atoms with Crippen molar-refractivity contribution in [2.45, 2.75) is 154 Å². The van der Waals surface area contributed by atoms with Gasteiger partial charge in [0.2, 0.25) is 0 Å². The molecular formula is C84H82BN3S. The van der Waals surface area contributed by atoms with Gasteiger partial charge in [-0.1, -0.05) is 216 Å². The molecule has 2 atom stereocenters. The third-order valence-electron chi connectivity index (χ3n) is 22.3. The van der Waals surface area contributed by atoms with Crippen LogP contribution in [0.1, 0.15) is 149 Å². The van der Waals surface area contributed by atoms with Crippen LogP contribution in [0.25, 0.3) is 64.7 Å². The maximum absolute atomic E-state index is 3.04. The summed E-state index contributed by atoms with van der Waals surface area (Å²) in [4.78, 5) is 8.37. The summed E-state index contributed by atoms with van der Waals surface area (Å²) in [7, 11) is 0. The number of benzene rings is 10. The van der Waals surface area contributed by atoms with Crippen LogP contribution in [0.2, 0.25) is 0 Å². The van der Waals surface area contributed by atoms with Crippen molar-refractivity contribution in [2.75, 3.05) is 14.6 Å². The first-order valence-electron chi connectivity index (χ1n) is 32.9. The Balaban J connectivity index is 1.07. The first-order valence-corrected chi connectivity index (χ1v) is 33.7. The summed E-state index contributed by atoms with van der Waals surface area (Å²) >= 11 is 2.02. The highest BCUT2D eigenvalue weighted by Gasteiger charge is 2.63. The zero-order chi connectivity index (χ0) is 61.3. The summed E-state index contributed by atoms with van der Waals surface area (Å²) < 4.78 is 2.76. The molecule has 1 saturated carbocycles. The van der Waals surface area contributed by atoms with E-state index in [0.29, 0.717) is 0 Å². The van der Waals surface area contributed by atoms with Gasteiger partial charge in [-0.05, 0) is 205 Å². The van der Waals surface area contributed by atoms with Gasteiger partial charge in [0.1, 0.15) is 0 Å². The van der Waals surface area contributed by atoms with Crippen LogP contribution in [0.15, 0.2) is 206 Å². The molecule has 2 unspecified atom stereocenters. The average molecular weight is 1180 g/mol. The zero-order valence-electron chi connectivity index (χ0n) is 54.2. The van der Waals surface area contributed by atoms with E-state index in [0.717, 1.165) is 29.9 Å². The van der Waals surface area contributed by atoms with Gasteiger partial charge >= 0.3 is 6.85 Å². The van der Waals surface area contributed by atoms with E-state index < -0.39 is 0 Å². The minimum absolute atomic E-state index is 0.0667. The lowest BCUT2D eigenvalue weighted by molar-refractivity contribution is 0.199. The third kappa shape index (κ3) is 8.56. The number of hydrogen-bond acceptors (Lipinski definition) is 4. The van der Waals surface area contributed by atoms with Crippen LogP contribution in [0.5, 0.6) is 0 Å². The predicted molar refractivity (Wildman–Crippen MR) is 385 cm³/mol. The second kappa shape index (κ2) is 19.7. The highest BCUT2D eigenvalue weighted by molar-refractivity contribution is 7.26.